The fourth-order valence-corrected chi connectivity index (χ4v) is 4.48. The number of carboxylic acids is 1. The lowest BCUT2D eigenvalue weighted by Crippen LogP contribution is -1.97. The van der Waals surface area contributed by atoms with E-state index in [9.17, 15) is 4.79 Å². The van der Waals surface area contributed by atoms with Gasteiger partial charge in [-0.25, -0.2) is 9.18 Å². The van der Waals surface area contributed by atoms with Crippen LogP contribution in [0, 0.1) is 5.82 Å². The number of carboxylic acid groups (broad SMARTS) is 1. The number of hydrogen-bond acceptors (Lipinski definition) is 3. The Bertz CT molecular complexity index is 1310. The quantitative estimate of drug-likeness (QED) is 0.233. The van der Waals surface area contributed by atoms with Gasteiger partial charge in [-0.15, -0.1) is 11.3 Å². The minimum absolute atomic E-state index is 0.293. The summed E-state index contributed by atoms with van der Waals surface area (Å²) in [6.07, 6.45) is 5.10. The van der Waals surface area contributed by atoms with E-state index in [0.29, 0.717) is 5.56 Å². The number of thiazole rings is 1. The van der Waals surface area contributed by atoms with E-state index in [1.54, 1.807) is 29.9 Å². The van der Waals surface area contributed by atoms with Gasteiger partial charge < -0.3 is 5.11 Å². The number of nitrogens with zero attached hydrogens (tertiary/aromatic N) is 1. The van der Waals surface area contributed by atoms with Crippen molar-refractivity contribution >= 4 is 34.5 Å². The topological polar surface area (TPSA) is 50.2 Å². The molecule has 0 bridgehead atoms. The van der Waals surface area contributed by atoms with Crippen LogP contribution in [0.3, 0.4) is 0 Å². The van der Waals surface area contributed by atoms with Crippen molar-refractivity contribution in [2.75, 3.05) is 0 Å². The number of halogens is 1. The molecule has 1 heterocycles. The molecule has 0 aliphatic heterocycles. The standard InChI is InChI=1S/C28H22FNO2S/c1-2-23(20-6-4-3-5-7-20)28(21-11-8-19(9-12-21)10-15-27(31)32)22-13-14-24(25(29)16-22)26-17-30-18-33-26/h3-18H,2H2,1H3,(H,31,32)/b15-10+,28-23+. The molecule has 0 spiro atoms. The molecule has 0 unspecified atom stereocenters. The van der Waals surface area contributed by atoms with Crippen molar-refractivity contribution in [2.24, 2.45) is 0 Å². The van der Waals surface area contributed by atoms with Crippen molar-refractivity contribution in [1.29, 1.82) is 0 Å². The van der Waals surface area contributed by atoms with Crippen molar-refractivity contribution in [3.05, 3.63) is 119 Å². The fourth-order valence-electron chi connectivity index (χ4n) is 3.83. The highest BCUT2D eigenvalue weighted by Gasteiger charge is 2.16. The molecule has 0 aliphatic carbocycles. The number of aliphatic carboxylic acids is 1. The van der Waals surface area contributed by atoms with Gasteiger partial charge in [0.25, 0.3) is 0 Å². The van der Waals surface area contributed by atoms with Gasteiger partial charge in [-0.1, -0.05) is 67.6 Å². The van der Waals surface area contributed by atoms with Crippen LogP contribution in [-0.4, -0.2) is 16.1 Å². The smallest absolute Gasteiger partial charge is 0.328 e. The SMILES string of the molecule is CC/C(=C(/c1ccc(/C=C/C(=O)O)cc1)c1ccc(-c2cncs2)c(F)c1)c1ccccc1. The van der Waals surface area contributed by atoms with E-state index < -0.39 is 5.97 Å². The number of hydrogen-bond donors (Lipinski definition) is 1. The van der Waals surface area contributed by atoms with Gasteiger partial charge in [0.15, 0.2) is 0 Å². The number of benzene rings is 3. The zero-order chi connectivity index (χ0) is 23.2. The van der Waals surface area contributed by atoms with Crippen LogP contribution >= 0.6 is 11.3 Å². The molecule has 0 saturated carbocycles. The first kappa shape index (κ1) is 22.4. The van der Waals surface area contributed by atoms with Crippen LogP contribution in [0.4, 0.5) is 4.39 Å². The lowest BCUT2D eigenvalue weighted by Gasteiger charge is -2.17. The van der Waals surface area contributed by atoms with Gasteiger partial charge in [0.05, 0.1) is 10.4 Å². The third kappa shape index (κ3) is 5.16. The first-order valence-electron chi connectivity index (χ1n) is 10.6. The van der Waals surface area contributed by atoms with Crippen LogP contribution in [-0.2, 0) is 4.79 Å². The van der Waals surface area contributed by atoms with Crippen molar-refractivity contribution in [2.45, 2.75) is 13.3 Å². The minimum atomic E-state index is -0.992. The molecule has 0 radical (unpaired) electrons. The summed E-state index contributed by atoms with van der Waals surface area (Å²) >= 11 is 1.41. The Morgan fingerprint density at radius 3 is 2.33 bits per heavy atom. The van der Waals surface area contributed by atoms with E-state index in [2.05, 4.69) is 24.0 Å². The van der Waals surface area contributed by atoms with Crippen LogP contribution < -0.4 is 0 Å². The molecule has 4 rings (SSSR count). The Morgan fingerprint density at radius 2 is 1.73 bits per heavy atom. The summed E-state index contributed by atoms with van der Waals surface area (Å²) in [6.45, 7) is 2.09. The second-order valence-corrected chi connectivity index (χ2v) is 8.31. The molecular weight excluding hydrogens is 433 g/mol. The van der Waals surface area contributed by atoms with E-state index in [4.69, 9.17) is 5.11 Å². The predicted octanol–water partition coefficient (Wildman–Crippen LogP) is 7.42. The highest BCUT2D eigenvalue weighted by atomic mass is 32.1. The van der Waals surface area contributed by atoms with E-state index >= 15 is 4.39 Å². The molecule has 0 fully saturated rings. The highest BCUT2D eigenvalue weighted by Crippen LogP contribution is 2.36. The summed E-state index contributed by atoms with van der Waals surface area (Å²) in [5.41, 5.74) is 7.87. The molecule has 33 heavy (non-hydrogen) atoms. The van der Waals surface area contributed by atoms with E-state index in [1.165, 1.54) is 11.3 Å². The third-order valence-electron chi connectivity index (χ3n) is 5.35. The Balaban J connectivity index is 1.86. The van der Waals surface area contributed by atoms with Gasteiger partial charge in [0.1, 0.15) is 5.82 Å². The monoisotopic (exact) mass is 455 g/mol. The molecule has 0 saturated heterocycles. The first-order valence-corrected chi connectivity index (χ1v) is 11.4. The molecule has 1 N–H and O–H groups in total. The molecule has 1 aromatic heterocycles. The zero-order valence-electron chi connectivity index (χ0n) is 18.0. The van der Waals surface area contributed by atoms with Gasteiger partial charge >= 0.3 is 5.97 Å². The summed E-state index contributed by atoms with van der Waals surface area (Å²) in [6, 6.07) is 23.1. The number of carbonyl (C=O) groups is 1. The number of rotatable bonds is 7. The Hall–Kier alpha value is -3.83. The van der Waals surface area contributed by atoms with Crippen LogP contribution in [0.15, 0.2) is 90.6 Å². The van der Waals surface area contributed by atoms with Gasteiger partial charge in [-0.2, -0.15) is 0 Å². The minimum Gasteiger partial charge on any atom is -0.478 e. The zero-order valence-corrected chi connectivity index (χ0v) is 18.9. The lowest BCUT2D eigenvalue weighted by molar-refractivity contribution is -0.131. The largest absolute Gasteiger partial charge is 0.478 e. The molecule has 0 atom stereocenters. The summed E-state index contributed by atoms with van der Waals surface area (Å²) in [5, 5.41) is 8.88. The van der Waals surface area contributed by atoms with Crippen LogP contribution in [0.2, 0.25) is 0 Å². The Morgan fingerprint density at radius 1 is 1.00 bits per heavy atom. The summed E-state index contributed by atoms with van der Waals surface area (Å²) in [5.74, 6) is -1.28. The molecule has 4 aromatic rings. The number of aromatic nitrogens is 1. The van der Waals surface area contributed by atoms with Crippen molar-refractivity contribution in [3.63, 3.8) is 0 Å². The predicted molar refractivity (Wildman–Crippen MR) is 133 cm³/mol. The van der Waals surface area contributed by atoms with E-state index in [1.807, 2.05) is 48.5 Å². The second-order valence-electron chi connectivity index (χ2n) is 7.43. The Labute approximate surface area is 196 Å². The number of allylic oxidation sites excluding steroid dienone is 1. The van der Waals surface area contributed by atoms with Crippen LogP contribution in [0.25, 0.3) is 27.7 Å². The molecule has 164 valence electrons. The first-order chi connectivity index (χ1) is 16.1. The maximum absolute atomic E-state index is 15.2. The van der Waals surface area contributed by atoms with Gasteiger partial charge in [0.2, 0.25) is 0 Å². The lowest BCUT2D eigenvalue weighted by atomic mass is 9.87. The van der Waals surface area contributed by atoms with E-state index in [0.717, 1.165) is 50.8 Å². The van der Waals surface area contributed by atoms with Crippen molar-refractivity contribution < 1.29 is 14.3 Å². The molecule has 3 aromatic carbocycles. The van der Waals surface area contributed by atoms with Crippen molar-refractivity contribution in [3.8, 4) is 10.4 Å². The summed E-state index contributed by atoms with van der Waals surface area (Å²) in [7, 11) is 0. The van der Waals surface area contributed by atoms with Gasteiger partial charge in [0, 0.05) is 17.8 Å². The van der Waals surface area contributed by atoms with Crippen molar-refractivity contribution in [1.82, 2.24) is 4.98 Å². The summed E-state index contributed by atoms with van der Waals surface area (Å²) < 4.78 is 15.2. The second kappa shape index (κ2) is 10.2. The molecule has 5 heteroatoms. The molecule has 0 amide bonds. The van der Waals surface area contributed by atoms with Gasteiger partial charge in [-0.3, -0.25) is 4.98 Å². The Kier molecular flexibility index (Phi) is 6.91. The van der Waals surface area contributed by atoms with E-state index in [-0.39, 0.29) is 5.82 Å². The maximum Gasteiger partial charge on any atom is 0.328 e. The average molecular weight is 456 g/mol. The average Bonchev–Trinajstić information content (AvgIpc) is 3.37. The van der Waals surface area contributed by atoms with Crippen LogP contribution in [0.5, 0.6) is 0 Å². The summed E-state index contributed by atoms with van der Waals surface area (Å²) in [4.78, 5) is 15.7. The normalized spacial score (nSPS) is 12.1. The van der Waals surface area contributed by atoms with Crippen LogP contribution in [0.1, 0.15) is 35.6 Å². The molecular formula is C28H22FNO2S. The van der Waals surface area contributed by atoms with Gasteiger partial charge in [-0.05, 0) is 58.0 Å². The third-order valence-corrected chi connectivity index (χ3v) is 6.16. The maximum atomic E-state index is 15.2. The molecule has 0 aliphatic rings. The fraction of sp³-hybridized carbons (Fsp3) is 0.0714. The molecule has 3 nitrogen and oxygen atoms in total. The highest BCUT2D eigenvalue weighted by molar-refractivity contribution is 7.13.